The summed E-state index contributed by atoms with van der Waals surface area (Å²) < 4.78 is 10.5. The molecule has 1 aromatic heterocycles. The third-order valence-corrected chi connectivity index (χ3v) is 4.81. The molecular formula is C22H21N3O5. The van der Waals surface area contributed by atoms with Gasteiger partial charge in [-0.05, 0) is 30.2 Å². The van der Waals surface area contributed by atoms with Gasteiger partial charge in [-0.3, -0.25) is 14.4 Å². The average molecular weight is 407 g/mol. The highest BCUT2D eigenvalue weighted by Crippen LogP contribution is 2.29. The Hall–Kier alpha value is -3.81. The number of aromatic nitrogens is 1. The van der Waals surface area contributed by atoms with Crippen LogP contribution >= 0.6 is 0 Å². The number of aromatic amines is 1. The van der Waals surface area contributed by atoms with E-state index in [1.165, 1.54) is 0 Å². The van der Waals surface area contributed by atoms with E-state index in [9.17, 15) is 14.4 Å². The number of hydrogen-bond donors (Lipinski definition) is 3. The first kappa shape index (κ1) is 19.5. The second kappa shape index (κ2) is 8.69. The Morgan fingerprint density at radius 3 is 2.80 bits per heavy atom. The van der Waals surface area contributed by atoms with Gasteiger partial charge in [0.15, 0.2) is 12.7 Å². The molecule has 2 amide bonds. The normalized spacial score (nSPS) is 15.1. The molecule has 3 aromatic rings. The first-order chi connectivity index (χ1) is 14.6. The van der Waals surface area contributed by atoms with Gasteiger partial charge >= 0.3 is 5.97 Å². The zero-order valence-corrected chi connectivity index (χ0v) is 16.1. The molecule has 8 heteroatoms. The smallest absolute Gasteiger partial charge is 0.310 e. The van der Waals surface area contributed by atoms with Crippen LogP contribution in [0.15, 0.2) is 54.7 Å². The number of H-pyrrole nitrogens is 1. The van der Waals surface area contributed by atoms with E-state index >= 15 is 0 Å². The van der Waals surface area contributed by atoms with Crippen LogP contribution in [0.2, 0.25) is 0 Å². The topological polar surface area (TPSA) is 110 Å². The third kappa shape index (κ3) is 4.43. The van der Waals surface area contributed by atoms with Gasteiger partial charge in [-0.15, -0.1) is 0 Å². The van der Waals surface area contributed by atoms with Crippen molar-refractivity contribution in [2.45, 2.75) is 18.9 Å². The van der Waals surface area contributed by atoms with E-state index in [2.05, 4.69) is 15.6 Å². The number of para-hydroxylation sites is 3. The van der Waals surface area contributed by atoms with Gasteiger partial charge < -0.3 is 25.1 Å². The molecule has 0 radical (unpaired) electrons. The minimum atomic E-state index is -0.989. The van der Waals surface area contributed by atoms with Gasteiger partial charge in [-0.25, -0.2) is 0 Å². The van der Waals surface area contributed by atoms with Crippen molar-refractivity contribution in [3.63, 3.8) is 0 Å². The van der Waals surface area contributed by atoms with Gasteiger partial charge in [0.2, 0.25) is 0 Å². The first-order valence-electron chi connectivity index (χ1n) is 9.64. The van der Waals surface area contributed by atoms with Crippen molar-refractivity contribution in [2.24, 2.45) is 0 Å². The fourth-order valence-corrected chi connectivity index (χ4v) is 3.31. The highest BCUT2D eigenvalue weighted by atomic mass is 16.5. The number of esters is 1. The summed E-state index contributed by atoms with van der Waals surface area (Å²) in [4.78, 5) is 39.2. The molecule has 8 nitrogen and oxygen atoms in total. The Morgan fingerprint density at radius 1 is 1.10 bits per heavy atom. The fraction of sp³-hybridized carbons (Fsp3) is 0.227. The maximum absolute atomic E-state index is 12.1. The molecule has 1 aliphatic rings. The minimum Gasteiger partial charge on any atom is -0.478 e. The predicted molar refractivity (Wildman–Crippen MR) is 110 cm³/mol. The molecular weight excluding hydrogens is 386 g/mol. The highest BCUT2D eigenvalue weighted by molar-refractivity contribution is 5.99. The van der Waals surface area contributed by atoms with Crippen molar-refractivity contribution in [1.82, 2.24) is 10.3 Å². The summed E-state index contributed by atoms with van der Waals surface area (Å²) in [6.45, 7) is 0.0147. The molecule has 154 valence electrons. The lowest BCUT2D eigenvalue weighted by molar-refractivity contribution is -0.151. The Labute approximate surface area is 172 Å². The predicted octanol–water partition coefficient (Wildman–Crippen LogP) is 2.16. The standard InChI is InChI=1S/C22H21N3O5/c26-20(23-10-9-14-12-24-16-6-2-1-5-15(14)16)13-29-21(27)11-19-22(28)25-17-7-3-4-8-18(17)30-19/h1-8,12,19,24H,9-11,13H2,(H,23,26)(H,25,28)/t19-/m1/s1. The van der Waals surface area contributed by atoms with E-state index in [-0.39, 0.29) is 6.42 Å². The van der Waals surface area contributed by atoms with Gasteiger partial charge in [0.25, 0.3) is 11.8 Å². The number of ether oxygens (including phenoxy) is 2. The van der Waals surface area contributed by atoms with E-state index < -0.39 is 30.5 Å². The summed E-state index contributed by atoms with van der Waals surface area (Å²) in [5, 5.41) is 6.52. The number of benzene rings is 2. The third-order valence-electron chi connectivity index (χ3n) is 4.81. The molecule has 2 heterocycles. The summed E-state index contributed by atoms with van der Waals surface area (Å²) in [6, 6.07) is 14.9. The van der Waals surface area contributed by atoms with Crippen LogP contribution in [0.3, 0.4) is 0 Å². The second-order valence-electron chi connectivity index (χ2n) is 6.92. The maximum Gasteiger partial charge on any atom is 0.310 e. The molecule has 0 saturated heterocycles. The summed E-state index contributed by atoms with van der Waals surface area (Å²) >= 11 is 0. The lowest BCUT2D eigenvalue weighted by Crippen LogP contribution is -2.39. The average Bonchev–Trinajstić information content (AvgIpc) is 3.16. The van der Waals surface area contributed by atoms with E-state index in [1.54, 1.807) is 24.3 Å². The second-order valence-corrected chi connectivity index (χ2v) is 6.92. The molecule has 30 heavy (non-hydrogen) atoms. The van der Waals surface area contributed by atoms with Crippen molar-refractivity contribution < 1.29 is 23.9 Å². The summed E-state index contributed by atoms with van der Waals surface area (Å²) in [6.07, 6.45) is 1.31. The number of carbonyl (C=O) groups excluding carboxylic acids is 3. The van der Waals surface area contributed by atoms with Crippen LogP contribution in [0.1, 0.15) is 12.0 Å². The van der Waals surface area contributed by atoms with Gasteiger partial charge in [-0.2, -0.15) is 0 Å². The molecule has 0 fully saturated rings. The van der Waals surface area contributed by atoms with Crippen molar-refractivity contribution in [2.75, 3.05) is 18.5 Å². The summed E-state index contributed by atoms with van der Waals surface area (Å²) in [5.41, 5.74) is 2.70. The van der Waals surface area contributed by atoms with Gasteiger partial charge in [0, 0.05) is 23.6 Å². The van der Waals surface area contributed by atoms with Crippen LogP contribution in [0, 0.1) is 0 Å². The van der Waals surface area contributed by atoms with Crippen LogP contribution < -0.4 is 15.4 Å². The van der Waals surface area contributed by atoms with Gasteiger partial charge in [-0.1, -0.05) is 30.3 Å². The molecule has 0 unspecified atom stereocenters. The number of carbonyl (C=O) groups is 3. The number of anilines is 1. The molecule has 1 atom stereocenters. The highest BCUT2D eigenvalue weighted by Gasteiger charge is 2.30. The van der Waals surface area contributed by atoms with Crippen LogP contribution in [-0.4, -0.2) is 42.0 Å². The van der Waals surface area contributed by atoms with Crippen LogP contribution in [-0.2, 0) is 25.5 Å². The monoisotopic (exact) mass is 407 g/mol. The van der Waals surface area contributed by atoms with Crippen molar-refractivity contribution in [3.8, 4) is 5.75 Å². The molecule has 1 aliphatic heterocycles. The van der Waals surface area contributed by atoms with E-state index in [4.69, 9.17) is 9.47 Å². The van der Waals surface area contributed by atoms with E-state index in [0.717, 1.165) is 16.5 Å². The molecule has 2 aromatic carbocycles. The first-order valence-corrected chi connectivity index (χ1v) is 9.64. The molecule has 4 rings (SSSR count). The Bertz CT molecular complexity index is 1090. The quantitative estimate of drug-likeness (QED) is 0.520. The van der Waals surface area contributed by atoms with Crippen LogP contribution in [0.5, 0.6) is 5.75 Å². The van der Waals surface area contributed by atoms with Crippen molar-refractivity contribution >= 4 is 34.4 Å². The lowest BCUT2D eigenvalue weighted by Gasteiger charge is -2.25. The largest absolute Gasteiger partial charge is 0.478 e. The SMILES string of the molecule is O=C(COC(=O)C[C@H]1Oc2ccccc2NC1=O)NCCc1c[nH]c2ccccc12. The molecule has 0 saturated carbocycles. The minimum absolute atomic E-state index is 0.275. The van der Waals surface area contributed by atoms with Crippen molar-refractivity contribution in [3.05, 3.63) is 60.3 Å². The molecule has 3 N–H and O–H groups in total. The Balaban J connectivity index is 1.19. The zero-order valence-electron chi connectivity index (χ0n) is 16.1. The summed E-state index contributed by atoms with van der Waals surface area (Å²) in [5.74, 6) is -1.01. The number of rotatable bonds is 7. The van der Waals surface area contributed by atoms with Crippen molar-refractivity contribution in [1.29, 1.82) is 0 Å². The number of hydrogen-bond acceptors (Lipinski definition) is 5. The molecule has 0 bridgehead atoms. The lowest BCUT2D eigenvalue weighted by atomic mass is 10.1. The van der Waals surface area contributed by atoms with Gasteiger partial charge in [0.05, 0.1) is 12.1 Å². The number of amides is 2. The van der Waals surface area contributed by atoms with Gasteiger partial charge in [0.1, 0.15) is 5.75 Å². The van der Waals surface area contributed by atoms with Crippen LogP contribution in [0.4, 0.5) is 5.69 Å². The zero-order chi connectivity index (χ0) is 20.9. The van der Waals surface area contributed by atoms with Crippen LogP contribution in [0.25, 0.3) is 10.9 Å². The fourth-order valence-electron chi connectivity index (χ4n) is 3.31. The Morgan fingerprint density at radius 2 is 1.90 bits per heavy atom. The maximum atomic E-state index is 12.1. The van der Waals surface area contributed by atoms with E-state index in [0.29, 0.717) is 24.4 Å². The van der Waals surface area contributed by atoms with E-state index in [1.807, 2.05) is 30.5 Å². The number of fused-ring (bicyclic) bond motifs is 2. The molecule has 0 spiro atoms. The molecule has 0 aliphatic carbocycles. The number of nitrogens with one attached hydrogen (secondary N) is 3. The summed E-state index contributed by atoms with van der Waals surface area (Å²) in [7, 11) is 0. The Kier molecular flexibility index (Phi) is 5.65.